The van der Waals surface area contributed by atoms with Crippen LogP contribution in [-0.4, -0.2) is 12.9 Å². The molecule has 0 spiro atoms. The van der Waals surface area contributed by atoms with Crippen LogP contribution >= 0.6 is 0 Å². The van der Waals surface area contributed by atoms with Crippen molar-refractivity contribution in [3.8, 4) is 0 Å². The summed E-state index contributed by atoms with van der Waals surface area (Å²) in [4.78, 5) is 14.5. The van der Waals surface area contributed by atoms with Gasteiger partial charge in [0.05, 0.1) is 6.61 Å². The number of carbonyl (C=O) groups excluding carboxylic acids is 1. The van der Waals surface area contributed by atoms with Gasteiger partial charge in [0.1, 0.15) is 6.29 Å². The van der Waals surface area contributed by atoms with Gasteiger partial charge in [-0.2, -0.15) is 0 Å². The molecular formula is C12H25NO2. The fourth-order valence-electron chi connectivity index (χ4n) is 1.65. The van der Waals surface area contributed by atoms with Gasteiger partial charge in [-0.15, -0.1) is 0 Å². The molecule has 0 aromatic heterocycles. The maximum absolute atomic E-state index is 10.0. The van der Waals surface area contributed by atoms with Crippen LogP contribution in [0, 0.1) is 0 Å². The van der Waals surface area contributed by atoms with Gasteiger partial charge in [-0.1, -0.05) is 44.9 Å². The Balaban J connectivity index is 2.83. The van der Waals surface area contributed by atoms with Gasteiger partial charge in [-0.25, -0.2) is 5.90 Å². The lowest BCUT2D eigenvalue weighted by Crippen LogP contribution is -2.00. The lowest BCUT2D eigenvalue weighted by Gasteiger charge is -2.01. The van der Waals surface area contributed by atoms with Crippen molar-refractivity contribution in [2.75, 3.05) is 6.61 Å². The first-order chi connectivity index (χ1) is 7.41. The number of hydrogen-bond acceptors (Lipinski definition) is 3. The summed E-state index contributed by atoms with van der Waals surface area (Å²) in [5.74, 6) is 4.92. The molecular weight excluding hydrogens is 190 g/mol. The predicted molar refractivity (Wildman–Crippen MR) is 62.4 cm³/mol. The van der Waals surface area contributed by atoms with Crippen LogP contribution in [0.25, 0.3) is 0 Å². The van der Waals surface area contributed by atoms with Crippen molar-refractivity contribution in [2.24, 2.45) is 5.90 Å². The molecule has 0 radical (unpaired) electrons. The van der Waals surface area contributed by atoms with E-state index in [2.05, 4.69) is 4.84 Å². The molecule has 90 valence electrons. The largest absolute Gasteiger partial charge is 0.305 e. The van der Waals surface area contributed by atoms with Gasteiger partial charge in [-0.05, 0) is 12.8 Å². The molecule has 0 amide bonds. The number of carbonyl (C=O) groups is 1. The van der Waals surface area contributed by atoms with E-state index in [4.69, 9.17) is 5.90 Å². The van der Waals surface area contributed by atoms with Crippen molar-refractivity contribution in [2.45, 2.75) is 64.2 Å². The van der Waals surface area contributed by atoms with Gasteiger partial charge in [0.15, 0.2) is 0 Å². The first-order valence-electron chi connectivity index (χ1n) is 6.17. The van der Waals surface area contributed by atoms with Gasteiger partial charge < -0.3 is 9.63 Å². The van der Waals surface area contributed by atoms with Crippen molar-refractivity contribution < 1.29 is 9.63 Å². The van der Waals surface area contributed by atoms with Crippen molar-refractivity contribution in [1.29, 1.82) is 0 Å². The van der Waals surface area contributed by atoms with E-state index in [0.717, 1.165) is 25.5 Å². The number of unbranched alkanes of at least 4 members (excludes halogenated alkanes) is 9. The molecule has 15 heavy (non-hydrogen) atoms. The Kier molecular flexibility index (Phi) is 13.2. The van der Waals surface area contributed by atoms with Gasteiger partial charge in [0.25, 0.3) is 0 Å². The minimum absolute atomic E-state index is 0.686. The SMILES string of the molecule is NOCCCCCCCCCCCC=O. The summed E-state index contributed by atoms with van der Waals surface area (Å²) in [7, 11) is 0. The van der Waals surface area contributed by atoms with Crippen LogP contribution in [0.1, 0.15) is 64.2 Å². The molecule has 0 aliphatic heterocycles. The fourth-order valence-corrected chi connectivity index (χ4v) is 1.65. The Morgan fingerprint density at radius 3 is 1.73 bits per heavy atom. The molecule has 0 bridgehead atoms. The van der Waals surface area contributed by atoms with Gasteiger partial charge in [0, 0.05) is 6.42 Å². The smallest absolute Gasteiger partial charge is 0.119 e. The monoisotopic (exact) mass is 215 g/mol. The Morgan fingerprint density at radius 1 is 0.800 bits per heavy atom. The molecule has 0 unspecified atom stereocenters. The van der Waals surface area contributed by atoms with Crippen molar-refractivity contribution >= 4 is 6.29 Å². The zero-order valence-electron chi connectivity index (χ0n) is 9.75. The van der Waals surface area contributed by atoms with Gasteiger partial charge in [-0.3, -0.25) is 0 Å². The van der Waals surface area contributed by atoms with Crippen LogP contribution in [0.15, 0.2) is 0 Å². The van der Waals surface area contributed by atoms with Crippen LogP contribution in [0.4, 0.5) is 0 Å². The summed E-state index contributed by atoms with van der Waals surface area (Å²) in [5, 5.41) is 0. The zero-order chi connectivity index (χ0) is 11.2. The number of hydrogen-bond donors (Lipinski definition) is 1. The summed E-state index contributed by atoms with van der Waals surface area (Å²) in [5.41, 5.74) is 0. The van der Waals surface area contributed by atoms with Crippen molar-refractivity contribution in [3.63, 3.8) is 0 Å². The zero-order valence-corrected chi connectivity index (χ0v) is 9.75. The second kappa shape index (κ2) is 13.6. The maximum Gasteiger partial charge on any atom is 0.119 e. The van der Waals surface area contributed by atoms with Crippen molar-refractivity contribution in [3.05, 3.63) is 0 Å². The number of nitrogens with two attached hydrogens (primary N) is 1. The van der Waals surface area contributed by atoms with E-state index in [-0.39, 0.29) is 0 Å². The number of aldehydes is 1. The van der Waals surface area contributed by atoms with E-state index in [1.54, 1.807) is 0 Å². The number of rotatable bonds is 12. The summed E-state index contributed by atoms with van der Waals surface area (Å²) >= 11 is 0. The minimum Gasteiger partial charge on any atom is -0.305 e. The van der Waals surface area contributed by atoms with Crippen LogP contribution in [0.3, 0.4) is 0 Å². The molecule has 3 heteroatoms. The lowest BCUT2D eigenvalue weighted by molar-refractivity contribution is -0.107. The third kappa shape index (κ3) is 13.6. The molecule has 3 nitrogen and oxygen atoms in total. The third-order valence-electron chi connectivity index (χ3n) is 2.58. The topological polar surface area (TPSA) is 52.3 Å². The fraction of sp³-hybridized carbons (Fsp3) is 0.917. The Hall–Kier alpha value is -0.410. The van der Waals surface area contributed by atoms with E-state index >= 15 is 0 Å². The molecule has 0 aliphatic rings. The van der Waals surface area contributed by atoms with E-state index in [1.165, 1.54) is 44.9 Å². The second-order valence-corrected chi connectivity index (χ2v) is 4.01. The highest BCUT2D eigenvalue weighted by atomic mass is 16.6. The van der Waals surface area contributed by atoms with Crippen LogP contribution in [0.2, 0.25) is 0 Å². The highest BCUT2D eigenvalue weighted by molar-refractivity contribution is 5.48. The van der Waals surface area contributed by atoms with Crippen LogP contribution in [-0.2, 0) is 9.63 Å². The van der Waals surface area contributed by atoms with E-state index < -0.39 is 0 Å². The molecule has 0 fully saturated rings. The summed E-state index contributed by atoms with van der Waals surface area (Å²) in [6, 6.07) is 0. The maximum atomic E-state index is 10.0. The Morgan fingerprint density at radius 2 is 1.27 bits per heavy atom. The molecule has 0 aromatic rings. The summed E-state index contributed by atoms with van der Waals surface area (Å²) < 4.78 is 0. The van der Waals surface area contributed by atoms with E-state index in [0.29, 0.717) is 6.61 Å². The Labute approximate surface area is 93.3 Å². The normalized spacial score (nSPS) is 10.5. The molecule has 0 aliphatic carbocycles. The molecule has 0 heterocycles. The first kappa shape index (κ1) is 14.6. The average Bonchev–Trinajstić information content (AvgIpc) is 2.26. The van der Waals surface area contributed by atoms with Crippen molar-refractivity contribution in [1.82, 2.24) is 0 Å². The quantitative estimate of drug-likeness (QED) is 0.309. The first-order valence-corrected chi connectivity index (χ1v) is 6.17. The van der Waals surface area contributed by atoms with Crippen LogP contribution in [0.5, 0.6) is 0 Å². The molecule has 0 rings (SSSR count). The summed E-state index contributed by atoms with van der Waals surface area (Å²) in [6.07, 6.45) is 12.8. The third-order valence-corrected chi connectivity index (χ3v) is 2.58. The molecule has 0 saturated carbocycles. The molecule has 0 saturated heterocycles. The standard InChI is InChI=1S/C12H25NO2/c13-15-12-10-8-6-4-2-1-3-5-7-9-11-14/h11H,1-10,12-13H2. The predicted octanol–water partition coefficient (Wildman–Crippen LogP) is 2.98. The second-order valence-electron chi connectivity index (χ2n) is 4.01. The molecule has 0 aromatic carbocycles. The summed E-state index contributed by atoms with van der Waals surface area (Å²) in [6.45, 7) is 0.686. The molecule has 2 N–H and O–H groups in total. The van der Waals surface area contributed by atoms with E-state index in [9.17, 15) is 4.79 Å². The van der Waals surface area contributed by atoms with Gasteiger partial charge >= 0.3 is 0 Å². The highest BCUT2D eigenvalue weighted by Gasteiger charge is 1.92. The minimum atomic E-state index is 0.686. The Bertz CT molecular complexity index is 129. The lowest BCUT2D eigenvalue weighted by atomic mass is 10.1. The van der Waals surface area contributed by atoms with Crippen LogP contribution < -0.4 is 5.90 Å². The molecule has 0 atom stereocenters. The van der Waals surface area contributed by atoms with Gasteiger partial charge in [0.2, 0.25) is 0 Å². The average molecular weight is 215 g/mol. The highest BCUT2D eigenvalue weighted by Crippen LogP contribution is 2.09. The van der Waals surface area contributed by atoms with E-state index in [1.807, 2.05) is 0 Å².